The Morgan fingerprint density at radius 1 is 0.720 bits per heavy atom. The van der Waals surface area contributed by atoms with Crippen LogP contribution in [0.25, 0.3) is 0 Å². The number of benzene rings is 1. The second kappa shape index (κ2) is 11.5. The molecule has 0 unspecified atom stereocenters. The van der Waals surface area contributed by atoms with Crippen LogP contribution >= 0.6 is 0 Å². The van der Waals surface area contributed by atoms with Gasteiger partial charge in [0, 0.05) is 5.56 Å². The summed E-state index contributed by atoms with van der Waals surface area (Å²) in [4.78, 5) is 0. The van der Waals surface area contributed by atoms with Gasteiger partial charge < -0.3 is 33.9 Å². The minimum Gasteiger partial charge on any atom is -0.387 e. The second-order valence-electron chi connectivity index (χ2n) is 20.5. The van der Waals surface area contributed by atoms with E-state index in [-0.39, 0.29) is 29.0 Å². The minimum atomic E-state index is -1.20. The fourth-order valence-electron chi connectivity index (χ4n) is 14.8. The summed E-state index contributed by atoms with van der Waals surface area (Å²) in [5, 5.41) is 22.7. The molecule has 1 aromatic rings. The monoisotopic (exact) mass is 692 g/mol. The van der Waals surface area contributed by atoms with Crippen molar-refractivity contribution >= 4 is 0 Å². The van der Waals surface area contributed by atoms with Gasteiger partial charge in [-0.1, -0.05) is 78.8 Å². The van der Waals surface area contributed by atoms with Gasteiger partial charge in [-0.05, 0) is 120 Å². The van der Waals surface area contributed by atoms with Gasteiger partial charge in [0.15, 0.2) is 12.6 Å². The Bertz CT molecular complexity index is 1450. The molecule has 2 N–H and O–H groups in total. The Balaban J connectivity index is 0.919. The van der Waals surface area contributed by atoms with Crippen molar-refractivity contribution in [2.24, 2.45) is 56.2 Å². The van der Waals surface area contributed by atoms with E-state index in [1.165, 1.54) is 51.4 Å². The van der Waals surface area contributed by atoms with E-state index < -0.39 is 37.0 Å². The molecule has 3 heterocycles. The van der Waals surface area contributed by atoms with Crippen LogP contribution in [0.4, 0.5) is 0 Å². The smallest absolute Gasteiger partial charge is 0.186 e. The quantitative estimate of drug-likeness (QED) is 0.313. The van der Waals surface area contributed by atoms with Gasteiger partial charge in [0.2, 0.25) is 0 Å². The average molecular weight is 693 g/mol. The lowest BCUT2D eigenvalue weighted by atomic mass is 9.31. The van der Waals surface area contributed by atoms with Crippen LogP contribution in [0.5, 0.6) is 0 Å². The summed E-state index contributed by atoms with van der Waals surface area (Å²) in [7, 11) is 0. The lowest BCUT2D eigenvalue weighted by Gasteiger charge is -2.73. The van der Waals surface area contributed by atoms with E-state index >= 15 is 0 Å². The molecule has 8 aliphatic rings. The van der Waals surface area contributed by atoms with Gasteiger partial charge in [-0.3, -0.25) is 0 Å². The number of aliphatic hydroxyl groups is 2. The maximum Gasteiger partial charge on any atom is 0.186 e. The summed E-state index contributed by atoms with van der Waals surface area (Å²) in [6.45, 7) is 19.1. The van der Waals surface area contributed by atoms with Crippen molar-refractivity contribution in [3.63, 3.8) is 0 Å². The van der Waals surface area contributed by atoms with E-state index in [4.69, 9.17) is 23.7 Å². The molecule has 2 bridgehead atoms. The van der Waals surface area contributed by atoms with Crippen molar-refractivity contribution in [1.82, 2.24) is 0 Å². The lowest BCUT2D eigenvalue weighted by molar-refractivity contribution is -0.374. The largest absolute Gasteiger partial charge is 0.387 e. The molecule has 278 valence electrons. The molecular weight excluding hydrogens is 628 g/mol. The second-order valence-corrected chi connectivity index (χ2v) is 20.5. The topological polar surface area (TPSA) is 86.6 Å². The highest BCUT2D eigenvalue weighted by atomic mass is 16.8. The third-order valence-corrected chi connectivity index (χ3v) is 17.8. The van der Waals surface area contributed by atoms with Crippen LogP contribution in [0.3, 0.4) is 0 Å². The van der Waals surface area contributed by atoms with Crippen LogP contribution in [0, 0.1) is 56.2 Å². The van der Waals surface area contributed by atoms with E-state index in [2.05, 4.69) is 48.5 Å². The SMILES string of the molecule is CC1(C)CC[C@]23CC[C@]4(C)[C@H](CC[C@@H]5[C@@]6(C)CC[C@H](O[C@@H]7O[C@@H]8CO[C@@H](c9ccccc9)O[C@H]8[C@H](O)[C@H]7O)C(C)(C)[C@@H]6CC[C@]54C)[C@H]2[C@H]1OC3. The normalized spacial score (nSPS) is 54.7. The molecule has 8 fully saturated rings. The van der Waals surface area contributed by atoms with E-state index in [1.807, 2.05) is 30.3 Å². The van der Waals surface area contributed by atoms with Crippen molar-refractivity contribution in [3.8, 4) is 0 Å². The fourth-order valence-corrected chi connectivity index (χ4v) is 14.8. The number of hydrogen-bond donors (Lipinski definition) is 2. The summed E-state index contributed by atoms with van der Waals surface area (Å²) in [5.41, 5.74) is 2.36. The number of hydrogen-bond acceptors (Lipinski definition) is 7. The Labute approximate surface area is 300 Å². The van der Waals surface area contributed by atoms with Crippen molar-refractivity contribution in [3.05, 3.63) is 35.9 Å². The maximum atomic E-state index is 11.4. The van der Waals surface area contributed by atoms with Crippen LogP contribution in [-0.2, 0) is 23.7 Å². The highest BCUT2D eigenvalue weighted by molar-refractivity contribution is 5.21. The zero-order chi connectivity index (χ0) is 35.1. The first-order valence-electron chi connectivity index (χ1n) is 20.3. The molecule has 3 aliphatic heterocycles. The first-order chi connectivity index (χ1) is 23.6. The van der Waals surface area contributed by atoms with Gasteiger partial charge >= 0.3 is 0 Å². The van der Waals surface area contributed by atoms with E-state index in [1.54, 1.807) is 0 Å². The summed E-state index contributed by atoms with van der Waals surface area (Å²) >= 11 is 0. The zero-order valence-corrected chi connectivity index (χ0v) is 31.7. The summed E-state index contributed by atoms with van der Waals surface area (Å²) < 4.78 is 32.2. The van der Waals surface area contributed by atoms with Gasteiger partial charge in [-0.15, -0.1) is 0 Å². The maximum absolute atomic E-state index is 11.4. The molecule has 0 amide bonds. The minimum absolute atomic E-state index is 0.0745. The number of rotatable bonds is 3. The number of aliphatic hydroxyl groups excluding tert-OH is 2. The molecule has 0 aromatic heterocycles. The summed E-state index contributed by atoms with van der Waals surface area (Å²) in [6, 6.07) is 9.72. The van der Waals surface area contributed by atoms with E-state index in [0.717, 1.165) is 36.8 Å². The molecule has 7 heteroatoms. The van der Waals surface area contributed by atoms with Gasteiger partial charge in [0.1, 0.15) is 24.4 Å². The first-order valence-corrected chi connectivity index (χ1v) is 20.3. The predicted octanol–water partition coefficient (Wildman–Crippen LogP) is 7.82. The summed E-state index contributed by atoms with van der Waals surface area (Å²) in [5.74, 6) is 2.68. The highest BCUT2D eigenvalue weighted by Gasteiger charge is 2.73. The van der Waals surface area contributed by atoms with Crippen molar-refractivity contribution in [2.75, 3.05) is 13.2 Å². The Morgan fingerprint density at radius 3 is 2.26 bits per heavy atom. The average Bonchev–Trinajstić information content (AvgIpc) is 3.43. The third kappa shape index (κ3) is 4.65. The van der Waals surface area contributed by atoms with Gasteiger partial charge in [-0.2, -0.15) is 0 Å². The zero-order valence-electron chi connectivity index (χ0n) is 31.7. The molecule has 3 saturated heterocycles. The molecule has 0 spiro atoms. The molecule has 5 aliphatic carbocycles. The first kappa shape index (κ1) is 34.7. The van der Waals surface area contributed by atoms with Gasteiger partial charge in [0.25, 0.3) is 0 Å². The molecule has 16 atom stereocenters. The standard InChI is InChI=1S/C43H64O7/c1-38(2)19-21-43-22-20-41(6)26(31(43)35(38)47-24-43)13-14-29-40(5)17-16-30(39(3,4)28(40)15-18-42(29,41)7)49-37-33(45)32(44)34-27(48-37)23-46-36(50-34)25-11-9-8-10-12-25/h8-12,26-37,44-45H,13-24H2,1-7H3/t26-,27-,28+,29-,30+,31+,32-,33-,34-,35-,36-,37+,40+,41-,42-,43-/m1/s1. The van der Waals surface area contributed by atoms with Crippen LogP contribution < -0.4 is 0 Å². The Morgan fingerprint density at radius 2 is 1.48 bits per heavy atom. The number of fused-ring (bicyclic) bond motifs is 6. The Hall–Kier alpha value is -1.06. The fraction of sp³-hybridized carbons (Fsp3) is 0.860. The van der Waals surface area contributed by atoms with Crippen LogP contribution in [0.2, 0.25) is 0 Å². The van der Waals surface area contributed by atoms with E-state index in [0.29, 0.717) is 34.2 Å². The number of ether oxygens (including phenoxy) is 5. The van der Waals surface area contributed by atoms with Crippen molar-refractivity contribution < 1.29 is 33.9 Å². The van der Waals surface area contributed by atoms with Crippen LogP contribution in [0.1, 0.15) is 125 Å². The molecule has 1 aromatic carbocycles. The van der Waals surface area contributed by atoms with E-state index in [9.17, 15) is 10.2 Å². The van der Waals surface area contributed by atoms with Crippen molar-refractivity contribution in [2.45, 2.75) is 162 Å². The Kier molecular flexibility index (Phi) is 7.96. The molecule has 7 nitrogen and oxygen atoms in total. The molecule has 50 heavy (non-hydrogen) atoms. The van der Waals surface area contributed by atoms with Crippen LogP contribution in [-0.4, -0.2) is 66.3 Å². The molecular formula is C43H64O7. The highest BCUT2D eigenvalue weighted by Crippen LogP contribution is 2.78. The molecule has 5 saturated carbocycles. The predicted molar refractivity (Wildman–Crippen MR) is 190 cm³/mol. The lowest BCUT2D eigenvalue weighted by Crippen LogP contribution is -2.68. The van der Waals surface area contributed by atoms with Gasteiger partial charge in [-0.25, -0.2) is 0 Å². The van der Waals surface area contributed by atoms with Crippen molar-refractivity contribution in [1.29, 1.82) is 0 Å². The molecule has 9 rings (SSSR count). The van der Waals surface area contributed by atoms with Crippen LogP contribution in [0.15, 0.2) is 30.3 Å². The third-order valence-electron chi connectivity index (χ3n) is 17.8. The molecule has 0 radical (unpaired) electrons. The van der Waals surface area contributed by atoms with Gasteiger partial charge in [0.05, 0.1) is 25.4 Å². The summed E-state index contributed by atoms with van der Waals surface area (Å²) in [6.07, 6.45) is 7.91.